The summed E-state index contributed by atoms with van der Waals surface area (Å²) in [6.45, 7) is 7.95. The third kappa shape index (κ3) is 5.90. The predicted octanol–water partition coefficient (Wildman–Crippen LogP) is 2.77. The third-order valence-corrected chi connectivity index (χ3v) is 3.87. The van der Waals surface area contributed by atoms with Crippen molar-refractivity contribution in [3.05, 3.63) is 0 Å². The molecule has 0 saturated heterocycles. The summed E-state index contributed by atoms with van der Waals surface area (Å²) in [6.07, 6.45) is 4.23. The Hall–Kier alpha value is -1.10. The molecule has 2 unspecified atom stereocenters. The van der Waals surface area contributed by atoms with Crippen LogP contribution in [0.15, 0.2) is 5.10 Å². The molecule has 2 atom stereocenters. The van der Waals surface area contributed by atoms with Crippen molar-refractivity contribution in [2.24, 2.45) is 22.9 Å². The number of nitrogens with one attached hydrogen (secondary N) is 2. The number of hydrogen-bond acceptors (Lipinski definition) is 3. The minimum Gasteiger partial charge on any atom is -0.385 e. The molecule has 0 heterocycles. The first-order valence-electron chi connectivity index (χ1n) is 7.63. The molecule has 2 amide bonds. The van der Waals surface area contributed by atoms with E-state index in [2.05, 4.69) is 36.6 Å². The van der Waals surface area contributed by atoms with Gasteiger partial charge in [-0.05, 0) is 37.5 Å². The highest BCUT2D eigenvalue weighted by molar-refractivity contribution is 5.89. The maximum atomic E-state index is 11.6. The standard InChI is InChI=1S/C15H29N3O2/c1-11(2)13-7-6-12(3)10-14(13)17-18-15(19)16-8-5-9-20-4/h11-13H,5-10H2,1-4H3,(H2,16,18,19). The fourth-order valence-corrected chi connectivity index (χ4v) is 2.67. The van der Waals surface area contributed by atoms with E-state index in [-0.39, 0.29) is 6.03 Å². The fourth-order valence-electron chi connectivity index (χ4n) is 2.67. The van der Waals surface area contributed by atoms with Gasteiger partial charge in [0.15, 0.2) is 0 Å². The first-order chi connectivity index (χ1) is 9.54. The van der Waals surface area contributed by atoms with Crippen LogP contribution in [0, 0.1) is 17.8 Å². The molecule has 0 aromatic heterocycles. The molecule has 5 heteroatoms. The Morgan fingerprint density at radius 2 is 2.20 bits per heavy atom. The molecule has 0 bridgehead atoms. The SMILES string of the molecule is COCCCNC(=O)NN=C1CC(C)CCC1C(C)C. The molecule has 20 heavy (non-hydrogen) atoms. The zero-order valence-electron chi connectivity index (χ0n) is 13.2. The van der Waals surface area contributed by atoms with Gasteiger partial charge in [-0.25, -0.2) is 10.2 Å². The van der Waals surface area contributed by atoms with Gasteiger partial charge < -0.3 is 10.1 Å². The Labute approximate surface area is 122 Å². The van der Waals surface area contributed by atoms with Crippen LogP contribution >= 0.6 is 0 Å². The van der Waals surface area contributed by atoms with Gasteiger partial charge >= 0.3 is 6.03 Å². The van der Waals surface area contributed by atoms with Gasteiger partial charge in [-0.1, -0.05) is 20.8 Å². The highest BCUT2D eigenvalue weighted by atomic mass is 16.5. The number of methoxy groups -OCH3 is 1. The molecule has 2 N–H and O–H groups in total. The van der Waals surface area contributed by atoms with Gasteiger partial charge in [-0.3, -0.25) is 0 Å². The van der Waals surface area contributed by atoms with Gasteiger partial charge in [0, 0.05) is 31.9 Å². The number of carbonyl (C=O) groups excluding carboxylic acids is 1. The minimum absolute atomic E-state index is 0.227. The second kappa shape index (κ2) is 8.95. The van der Waals surface area contributed by atoms with Crippen LogP contribution in [0.1, 0.15) is 46.5 Å². The number of ether oxygens (including phenoxy) is 1. The highest BCUT2D eigenvalue weighted by Crippen LogP contribution is 2.31. The van der Waals surface area contributed by atoms with Crippen LogP contribution in [0.2, 0.25) is 0 Å². The average molecular weight is 283 g/mol. The number of hydrazone groups is 1. The van der Waals surface area contributed by atoms with E-state index in [9.17, 15) is 4.79 Å². The average Bonchev–Trinajstić information content (AvgIpc) is 2.41. The van der Waals surface area contributed by atoms with Crippen molar-refractivity contribution in [2.45, 2.75) is 46.5 Å². The normalized spacial score (nSPS) is 24.9. The fraction of sp³-hybridized carbons (Fsp3) is 0.867. The Bertz CT molecular complexity index is 329. The van der Waals surface area contributed by atoms with Crippen LogP contribution in [0.25, 0.3) is 0 Å². The van der Waals surface area contributed by atoms with Gasteiger partial charge in [0.05, 0.1) is 0 Å². The summed E-state index contributed by atoms with van der Waals surface area (Å²) >= 11 is 0. The van der Waals surface area contributed by atoms with Gasteiger partial charge in [-0.15, -0.1) is 0 Å². The smallest absolute Gasteiger partial charge is 0.335 e. The monoisotopic (exact) mass is 283 g/mol. The molecule has 1 aliphatic carbocycles. The van der Waals surface area contributed by atoms with Gasteiger partial charge in [-0.2, -0.15) is 5.10 Å². The summed E-state index contributed by atoms with van der Waals surface area (Å²) in [7, 11) is 1.66. The number of amides is 2. The van der Waals surface area contributed by atoms with Crippen LogP contribution in [0.4, 0.5) is 4.79 Å². The lowest BCUT2D eigenvalue weighted by atomic mass is 9.76. The molecular formula is C15H29N3O2. The lowest BCUT2D eigenvalue weighted by molar-refractivity contribution is 0.193. The summed E-state index contributed by atoms with van der Waals surface area (Å²) in [6, 6.07) is -0.227. The van der Waals surface area contributed by atoms with E-state index in [1.54, 1.807) is 7.11 Å². The van der Waals surface area contributed by atoms with Crippen molar-refractivity contribution in [1.29, 1.82) is 0 Å². The zero-order valence-corrected chi connectivity index (χ0v) is 13.2. The number of carbonyl (C=O) groups is 1. The van der Waals surface area contributed by atoms with E-state index in [4.69, 9.17) is 4.74 Å². The van der Waals surface area contributed by atoms with Crippen molar-refractivity contribution < 1.29 is 9.53 Å². The summed E-state index contributed by atoms with van der Waals surface area (Å²) in [5.74, 6) is 1.74. The number of hydrogen-bond donors (Lipinski definition) is 2. The molecule has 1 aliphatic rings. The van der Waals surface area contributed by atoms with Crippen molar-refractivity contribution >= 4 is 11.7 Å². The van der Waals surface area contributed by atoms with Crippen LogP contribution < -0.4 is 10.7 Å². The minimum atomic E-state index is -0.227. The van der Waals surface area contributed by atoms with E-state index in [1.807, 2.05) is 0 Å². The van der Waals surface area contributed by atoms with Gasteiger partial charge in [0.25, 0.3) is 0 Å². The Morgan fingerprint density at radius 3 is 2.85 bits per heavy atom. The predicted molar refractivity (Wildman–Crippen MR) is 81.8 cm³/mol. The molecule has 0 aromatic rings. The molecule has 0 aromatic carbocycles. The number of nitrogens with zero attached hydrogens (tertiary/aromatic N) is 1. The lowest BCUT2D eigenvalue weighted by Crippen LogP contribution is -2.36. The van der Waals surface area contributed by atoms with E-state index in [1.165, 1.54) is 12.8 Å². The Morgan fingerprint density at radius 1 is 1.45 bits per heavy atom. The van der Waals surface area contributed by atoms with Gasteiger partial charge in [0.1, 0.15) is 0 Å². The van der Waals surface area contributed by atoms with Crippen LogP contribution in [-0.2, 0) is 4.74 Å². The first kappa shape index (κ1) is 17.0. The van der Waals surface area contributed by atoms with E-state index < -0.39 is 0 Å². The maximum absolute atomic E-state index is 11.6. The third-order valence-electron chi connectivity index (χ3n) is 3.87. The van der Waals surface area contributed by atoms with Crippen molar-refractivity contribution in [3.8, 4) is 0 Å². The molecule has 1 rings (SSSR count). The summed E-state index contributed by atoms with van der Waals surface area (Å²) in [5.41, 5.74) is 3.78. The first-order valence-corrected chi connectivity index (χ1v) is 7.63. The van der Waals surface area contributed by atoms with Crippen LogP contribution in [0.5, 0.6) is 0 Å². The molecule has 1 saturated carbocycles. The zero-order chi connectivity index (χ0) is 15.0. The van der Waals surface area contributed by atoms with Crippen molar-refractivity contribution in [2.75, 3.05) is 20.3 Å². The molecule has 0 spiro atoms. The van der Waals surface area contributed by atoms with Gasteiger partial charge in [0.2, 0.25) is 0 Å². The molecule has 5 nitrogen and oxygen atoms in total. The summed E-state index contributed by atoms with van der Waals surface area (Å²) in [5, 5.41) is 7.13. The second-order valence-electron chi connectivity index (χ2n) is 6.05. The van der Waals surface area contributed by atoms with E-state index >= 15 is 0 Å². The van der Waals surface area contributed by atoms with Crippen molar-refractivity contribution in [1.82, 2.24) is 10.7 Å². The van der Waals surface area contributed by atoms with Crippen LogP contribution in [0.3, 0.4) is 0 Å². The second-order valence-corrected chi connectivity index (χ2v) is 6.05. The molecule has 0 radical (unpaired) electrons. The Kier molecular flexibility index (Phi) is 7.59. The van der Waals surface area contributed by atoms with E-state index in [0.29, 0.717) is 30.9 Å². The molecular weight excluding hydrogens is 254 g/mol. The lowest BCUT2D eigenvalue weighted by Gasteiger charge is -2.30. The topological polar surface area (TPSA) is 62.7 Å². The quantitative estimate of drug-likeness (QED) is 0.581. The van der Waals surface area contributed by atoms with Crippen molar-refractivity contribution in [3.63, 3.8) is 0 Å². The summed E-state index contributed by atoms with van der Waals surface area (Å²) in [4.78, 5) is 11.6. The molecule has 116 valence electrons. The Balaban J connectivity index is 2.42. The number of rotatable bonds is 6. The largest absolute Gasteiger partial charge is 0.385 e. The number of urea groups is 1. The van der Waals surface area contributed by atoms with Crippen LogP contribution in [-0.4, -0.2) is 32.0 Å². The molecule has 0 aliphatic heterocycles. The maximum Gasteiger partial charge on any atom is 0.335 e. The summed E-state index contributed by atoms with van der Waals surface area (Å²) < 4.78 is 4.93. The molecule has 1 fully saturated rings. The van der Waals surface area contributed by atoms with E-state index in [0.717, 1.165) is 18.6 Å². The highest BCUT2D eigenvalue weighted by Gasteiger charge is 2.27.